The molecule has 11 heavy (non-hydrogen) atoms. The van der Waals surface area contributed by atoms with Gasteiger partial charge >= 0.3 is 5.69 Å². The highest BCUT2D eigenvalue weighted by atomic mass is 16.1. The van der Waals surface area contributed by atoms with Crippen molar-refractivity contribution in [2.24, 2.45) is 0 Å². The van der Waals surface area contributed by atoms with Crippen LogP contribution in [-0.4, -0.2) is 28.3 Å². The Hall–Kier alpha value is -1.10. The van der Waals surface area contributed by atoms with Crippen LogP contribution < -0.4 is 11.0 Å². The summed E-state index contributed by atoms with van der Waals surface area (Å²) in [6.45, 7) is 1.93. The van der Waals surface area contributed by atoms with Crippen LogP contribution in [0.3, 0.4) is 0 Å². The Balaban J connectivity index is 2.21. The van der Waals surface area contributed by atoms with E-state index in [4.69, 9.17) is 0 Å². The monoisotopic (exact) mass is 154 g/mol. The van der Waals surface area contributed by atoms with E-state index in [1.54, 1.807) is 0 Å². The van der Waals surface area contributed by atoms with E-state index in [0.717, 1.165) is 25.3 Å². The molecule has 1 aliphatic heterocycles. The van der Waals surface area contributed by atoms with Crippen molar-refractivity contribution in [1.82, 2.24) is 20.5 Å². The number of nitrogens with one attached hydrogen (secondary N) is 3. The van der Waals surface area contributed by atoms with Gasteiger partial charge in [-0.3, -0.25) is 4.98 Å². The number of hydrogen-bond donors (Lipinski definition) is 3. The highest BCUT2D eigenvalue weighted by Gasteiger charge is 2.19. The average molecular weight is 154 g/mol. The molecule has 0 radical (unpaired) electrons. The fourth-order valence-corrected chi connectivity index (χ4v) is 1.36. The largest absolute Gasteiger partial charge is 0.340 e. The SMILES string of the molecule is O=c1[nH]nc(C2CCNC2)[nH]1. The van der Waals surface area contributed by atoms with E-state index in [0.29, 0.717) is 5.92 Å². The van der Waals surface area contributed by atoms with Crippen molar-refractivity contribution in [1.29, 1.82) is 0 Å². The third-order valence-corrected chi connectivity index (χ3v) is 1.97. The normalized spacial score (nSPS) is 24.2. The predicted octanol–water partition coefficient (Wildman–Crippen LogP) is -0.825. The van der Waals surface area contributed by atoms with Gasteiger partial charge in [0.15, 0.2) is 0 Å². The van der Waals surface area contributed by atoms with E-state index >= 15 is 0 Å². The zero-order valence-corrected chi connectivity index (χ0v) is 6.05. The van der Waals surface area contributed by atoms with Crippen molar-refractivity contribution in [3.8, 4) is 0 Å². The zero-order chi connectivity index (χ0) is 7.68. The molecule has 0 amide bonds. The summed E-state index contributed by atoms with van der Waals surface area (Å²) >= 11 is 0. The number of H-pyrrole nitrogens is 2. The number of rotatable bonds is 1. The Bertz CT molecular complexity index is 283. The molecule has 0 aliphatic carbocycles. The van der Waals surface area contributed by atoms with E-state index < -0.39 is 0 Å². The summed E-state index contributed by atoms with van der Waals surface area (Å²) in [6, 6.07) is 0. The number of aromatic nitrogens is 3. The molecule has 2 heterocycles. The molecule has 5 heteroatoms. The molecule has 1 unspecified atom stereocenters. The van der Waals surface area contributed by atoms with Crippen LogP contribution in [0.1, 0.15) is 18.2 Å². The molecule has 2 rings (SSSR count). The molecule has 1 saturated heterocycles. The topological polar surface area (TPSA) is 73.6 Å². The summed E-state index contributed by atoms with van der Waals surface area (Å²) in [5.41, 5.74) is -0.216. The van der Waals surface area contributed by atoms with Crippen LogP contribution >= 0.6 is 0 Å². The minimum atomic E-state index is -0.216. The molecule has 0 saturated carbocycles. The molecule has 1 atom stereocenters. The van der Waals surface area contributed by atoms with Crippen LogP contribution in [0.2, 0.25) is 0 Å². The van der Waals surface area contributed by atoms with Gasteiger partial charge in [0.2, 0.25) is 0 Å². The van der Waals surface area contributed by atoms with Crippen LogP contribution in [-0.2, 0) is 0 Å². The van der Waals surface area contributed by atoms with Gasteiger partial charge in [0.05, 0.1) is 0 Å². The average Bonchev–Trinajstić information content (AvgIpc) is 2.55. The van der Waals surface area contributed by atoms with Crippen molar-refractivity contribution in [3.05, 3.63) is 16.3 Å². The van der Waals surface area contributed by atoms with Gasteiger partial charge in [-0.25, -0.2) is 9.89 Å². The second-order valence-electron chi connectivity index (χ2n) is 2.75. The van der Waals surface area contributed by atoms with Crippen molar-refractivity contribution in [2.75, 3.05) is 13.1 Å². The van der Waals surface area contributed by atoms with Gasteiger partial charge in [-0.2, -0.15) is 5.10 Å². The molecule has 3 N–H and O–H groups in total. The first-order valence-corrected chi connectivity index (χ1v) is 3.71. The van der Waals surface area contributed by atoms with Gasteiger partial charge in [-0.15, -0.1) is 0 Å². The van der Waals surface area contributed by atoms with E-state index in [-0.39, 0.29) is 5.69 Å². The van der Waals surface area contributed by atoms with Crippen LogP contribution in [0.4, 0.5) is 0 Å². The lowest BCUT2D eigenvalue weighted by molar-refractivity contribution is 0.706. The number of hydrogen-bond acceptors (Lipinski definition) is 3. The maximum Gasteiger partial charge on any atom is 0.340 e. The first-order chi connectivity index (χ1) is 5.36. The van der Waals surface area contributed by atoms with Crippen molar-refractivity contribution < 1.29 is 0 Å². The second kappa shape index (κ2) is 2.50. The molecular weight excluding hydrogens is 144 g/mol. The summed E-state index contributed by atoms with van der Waals surface area (Å²) < 4.78 is 0. The lowest BCUT2D eigenvalue weighted by atomic mass is 10.1. The van der Waals surface area contributed by atoms with Gasteiger partial charge in [0.25, 0.3) is 0 Å². The van der Waals surface area contributed by atoms with Gasteiger partial charge in [-0.05, 0) is 13.0 Å². The molecule has 1 aromatic rings. The Morgan fingerprint density at radius 3 is 3.00 bits per heavy atom. The van der Waals surface area contributed by atoms with E-state index in [1.807, 2.05) is 0 Å². The smallest absolute Gasteiger partial charge is 0.316 e. The lowest BCUT2D eigenvalue weighted by Crippen LogP contribution is -2.09. The van der Waals surface area contributed by atoms with E-state index in [9.17, 15) is 4.79 Å². The third kappa shape index (κ3) is 1.19. The minimum absolute atomic E-state index is 0.216. The Morgan fingerprint density at radius 1 is 1.55 bits per heavy atom. The molecule has 1 aromatic heterocycles. The highest BCUT2D eigenvalue weighted by Crippen LogP contribution is 2.16. The third-order valence-electron chi connectivity index (χ3n) is 1.97. The van der Waals surface area contributed by atoms with Crippen molar-refractivity contribution in [2.45, 2.75) is 12.3 Å². The standard InChI is InChI=1S/C6H10N4O/c11-6-8-5(9-10-6)4-1-2-7-3-4/h4,7H,1-3H2,(H2,8,9,10,11). The summed E-state index contributed by atoms with van der Waals surface area (Å²) in [5, 5.41) is 9.43. The summed E-state index contributed by atoms with van der Waals surface area (Å²) in [4.78, 5) is 13.3. The van der Waals surface area contributed by atoms with Crippen LogP contribution in [0, 0.1) is 0 Å². The molecule has 0 bridgehead atoms. The first-order valence-electron chi connectivity index (χ1n) is 3.71. The second-order valence-corrected chi connectivity index (χ2v) is 2.75. The molecule has 5 nitrogen and oxygen atoms in total. The van der Waals surface area contributed by atoms with Crippen LogP contribution in [0.15, 0.2) is 4.79 Å². The Kier molecular flexibility index (Phi) is 1.50. The molecule has 1 fully saturated rings. The lowest BCUT2D eigenvalue weighted by Gasteiger charge is -1.99. The minimum Gasteiger partial charge on any atom is -0.316 e. The van der Waals surface area contributed by atoms with Gasteiger partial charge in [0, 0.05) is 12.5 Å². The number of aromatic amines is 2. The fraction of sp³-hybridized carbons (Fsp3) is 0.667. The number of nitrogens with zero attached hydrogens (tertiary/aromatic N) is 1. The van der Waals surface area contributed by atoms with Gasteiger partial charge < -0.3 is 5.32 Å². The van der Waals surface area contributed by atoms with Crippen LogP contribution in [0.5, 0.6) is 0 Å². The quantitative estimate of drug-likeness (QED) is 0.494. The predicted molar refractivity (Wildman–Crippen MR) is 39.4 cm³/mol. The maximum atomic E-state index is 10.7. The molecular formula is C6H10N4O. The first kappa shape index (κ1) is 6.60. The van der Waals surface area contributed by atoms with E-state index in [1.165, 1.54) is 0 Å². The summed E-state index contributed by atoms with van der Waals surface area (Å²) in [6.07, 6.45) is 1.06. The molecule has 0 aromatic carbocycles. The van der Waals surface area contributed by atoms with Crippen molar-refractivity contribution in [3.63, 3.8) is 0 Å². The summed E-state index contributed by atoms with van der Waals surface area (Å²) in [7, 11) is 0. The Morgan fingerprint density at radius 2 is 2.45 bits per heavy atom. The van der Waals surface area contributed by atoms with Crippen LogP contribution in [0.25, 0.3) is 0 Å². The zero-order valence-electron chi connectivity index (χ0n) is 6.05. The van der Waals surface area contributed by atoms with Crippen molar-refractivity contribution >= 4 is 0 Å². The maximum absolute atomic E-state index is 10.7. The fourth-order valence-electron chi connectivity index (χ4n) is 1.36. The molecule has 0 spiro atoms. The van der Waals surface area contributed by atoms with Gasteiger partial charge in [0.1, 0.15) is 5.82 Å². The molecule has 60 valence electrons. The van der Waals surface area contributed by atoms with Gasteiger partial charge in [-0.1, -0.05) is 0 Å². The van der Waals surface area contributed by atoms with E-state index in [2.05, 4.69) is 20.5 Å². The summed E-state index contributed by atoms with van der Waals surface area (Å²) in [5.74, 6) is 1.16. The molecule has 1 aliphatic rings. The highest BCUT2D eigenvalue weighted by molar-refractivity contribution is 4.97. The Labute approximate surface area is 63.2 Å².